The smallest absolute Gasteiger partial charge is 0.419 e. The van der Waals surface area contributed by atoms with Crippen LogP contribution >= 0.6 is 0 Å². The first-order valence-corrected chi connectivity index (χ1v) is 15.3. The highest BCUT2D eigenvalue weighted by atomic mass is 28.4. The number of pyridine rings is 1. The van der Waals surface area contributed by atoms with Crippen molar-refractivity contribution in [2.24, 2.45) is 0 Å². The molecule has 0 N–H and O–H groups in total. The molecule has 1 aromatic carbocycles. The summed E-state index contributed by atoms with van der Waals surface area (Å²) in [5, 5.41) is 0.104. The molecule has 0 bridgehead atoms. The number of nitrogens with zero attached hydrogens (tertiary/aromatic N) is 3. The van der Waals surface area contributed by atoms with Crippen LogP contribution in [0.3, 0.4) is 0 Å². The Morgan fingerprint density at radius 3 is 2.51 bits per heavy atom. The second kappa shape index (κ2) is 10.0. The Bertz CT molecular complexity index is 1380. The number of fused-ring (bicyclic) bond motifs is 1. The second-order valence-corrected chi connectivity index (χ2v) is 14.6. The van der Waals surface area contributed by atoms with E-state index >= 15 is 0 Å². The van der Waals surface area contributed by atoms with Crippen molar-refractivity contribution in [1.82, 2.24) is 14.0 Å². The van der Waals surface area contributed by atoms with Gasteiger partial charge in [-0.15, -0.1) is 19.6 Å². The number of likely N-dealkylation sites (tertiary alicyclic amines) is 1. The Labute approximate surface area is 211 Å². The van der Waals surface area contributed by atoms with Crippen LogP contribution in [0.5, 0.6) is 0 Å². The van der Waals surface area contributed by atoms with E-state index in [-0.39, 0.29) is 42.6 Å². The minimum atomic E-state index is -4.92. The molecule has 4 rings (SSSR count). The molecule has 6 nitrogen and oxygen atoms in total. The van der Waals surface area contributed by atoms with Crippen LogP contribution in [0.2, 0.25) is 19.6 Å². The normalized spacial score (nSPS) is 16.6. The molecule has 1 atom stereocenters. The summed E-state index contributed by atoms with van der Waals surface area (Å²) in [6.45, 7) is 6.61. The Balaban J connectivity index is 1.79. The average Bonchev–Trinajstić information content (AvgIpc) is 3.39. The van der Waals surface area contributed by atoms with E-state index in [2.05, 4.69) is 0 Å². The third kappa shape index (κ3) is 5.95. The van der Waals surface area contributed by atoms with Gasteiger partial charge in [0.15, 0.2) is 0 Å². The van der Waals surface area contributed by atoms with Crippen molar-refractivity contribution in [3.05, 3.63) is 58.4 Å². The van der Waals surface area contributed by atoms with Crippen LogP contribution in [0.1, 0.15) is 12.0 Å². The highest BCUT2D eigenvalue weighted by Gasteiger charge is 2.34. The molecular weight excluding hydrogens is 513 g/mol. The van der Waals surface area contributed by atoms with Crippen molar-refractivity contribution in [3.63, 3.8) is 0 Å². The lowest BCUT2D eigenvalue weighted by atomic mass is 10.0. The zero-order valence-corrected chi connectivity index (χ0v) is 21.7. The molecule has 1 unspecified atom stereocenters. The van der Waals surface area contributed by atoms with Crippen molar-refractivity contribution in [2.75, 3.05) is 19.7 Å². The molecule has 0 radical (unpaired) electrons. The highest BCUT2D eigenvalue weighted by molar-refractivity contribution is 6.69. The largest absolute Gasteiger partial charge is 0.564 e. The minimum Gasteiger partial charge on any atom is -0.564 e. The number of benzene rings is 1. The summed E-state index contributed by atoms with van der Waals surface area (Å²) in [6, 6.07) is 4.20. The van der Waals surface area contributed by atoms with Gasteiger partial charge in [0, 0.05) is 37.7 Å². The Hall–Kier alpha value is -2.99. The summed E-state index contributed by atoms with van der Waals surface area (Å²) in [6.07, 6.45) is -2.80. The molecular formula is C25H28F5N3O3Si-. The van der Waals surface area contributed by atoms with E-state index in [4.69, 9.17) is 4.43 Å². The number of halogens is 5. The monoisotopic (exact) mass is 541 g/mol. The molecule has 1 saturated heterocycles. The molecule has 12 heteroatoms. The maximum absolute atomic E-state index is 14.0. The predicted octanol–water partition coefficient (Wildman–Crippen LogP) is 5.05. The van der Waals surface area contributed by atoms with Crippen LogP contribution in [0, 0.1) is 5.82 Å². The third-order valence-corrected chi connectivity index (χ3v) is 7.32. The second-order valence-electron chi connectivity index (χ2n) is 10.1. The lowest BCUT2D eigenvalue weighted by molar-refractivity contribution is -0.140. The topological polar surface area (TPSA) is 56.5 Å². The van der Waals surface area contributed by atoms with Gasteiger partial charge < -0.3 is 18.5 Å². The highest BCUT2D eigenvalue weighted by Crippen LogP contribution is 2.36. The number of carbonyl (C=O) groups excluding carboxylic acids is 1. The van der Waals surface area contributed by atoms with Crippen molar-refractivity contribution < 1.29 is 31.2 Å². The molecule has 201 valence electrons. The molecule has 1 aliphatic heterocycles. The maximum atomic E-state index is 14.0. The first kappa shape index (κ1) is 27.1. The molecule has 3 aromatic rings. The molecule has 1 aliphatic rings. The van der Waals surface area contributed by atoms with E-state index in [1.165, 1.54) is 17.2 Å². The van der Waals surface area contributed by atoms with E-state index in [9.17, 15) is 31.5 Å². The fourth-order valence-corrected chi connectivity index (χ4v) is 5.13. The van der Waals surface area contributed by atoms with E-state index in [0.717, 1.165) is 10.6 Å². The van der Waals surface area contributed by atoms with Gasteiger partial charge in [-0.05, 0) is 38.5 Å². The number of hydrogen-bond donors (Lipinski definition) is 0. The number of carbonyl (C=O) groups is 1. The molecule has 37 heavy (non-hydrogen) atoms. The Morgan fingerprint density at radius 1 is 1.16 bits per heavy atom. The summed E-state index contributed by atoms with van der Waals surface area (Å²) in [7, 11) is -1.84. The van der Waals surface area contributed by atoms with Crippen LogP contribution in [0.15, 0.2) is 41.5 Å². The molecule has 0 saturated carbocycles. The lowest BCUT2D eigenvalue weighted by Gasteiger charge is -2.30. The fraction of sp³-hybridized carbons (Fsp3) is 0.440. The summed E-state index contributed by atoms with van der Waals surface area (Å²) < 4.78 is 76.5. The fourth-order valence-electron chi connectivity index (χ4n) is 4.43. The Morgan fingerprint density at radius 2 is 1.89 bits per heavy atom. The van der Waals surface area contributed by atoms with Gasteiger partial charge in [-0.1, -0.05) is 6.07 Å². The van der Waals surface area contributed by atoms with Crippen LogP contribution in [0.25, 0.3) is 22.0 Å². The molecule has 3 heterocycles. The van der Waals surface area contributed by atoms with E-state index in [1.807, 2.05) is 19.6 Å². The number of aromatic nitrogens is 2. The van der Waals surface area contributed by atoms with E-state index in [0.29, 0.717) is 24.7 Å². The van der Waals surface area contributed by atoms with E-state index in [1.54, 1.807) is 16.8 Å². The van der Waals surface area contributed by atoms with Gasteiger partial charge >= 0.3 is 6.18 Å². The quantitative estimate of drug-likeness (QED) is 0.311. The molecule has 0 spiro atoms. The Kier molecular flexibility index (Phi) is 7.35. The number of rotatable bonds is 7. The zero-order valence-electron chi connectivity index (χ0n) is 20.7. The van der Waals surface area contributed by atoms with Crippen LogP contribution in [-0.4, -0.2) is 54.1 Å². The number of amides is 1. The van der Waals surface area contributed by atoms with Crippen LogP contribution in [-0.2, 0) is 28.5 Å². The summed E-state index contributed by atoms with van der Waals surface area (Å²) in [5.41, 5.74) is -1.37. The van der Waals surface area contributed by atoms with Crippen LogP contribution in [0.4, 0.5) is 22.0 Å². The van der Waals surface area contributed by atoms with Gasteiger partial charge in [0.25, 0.3) is 5.56 Å². The summed E-state index contributed by atoms with van der Waals surface area (Å²) in [5.74, 6) is -1.84. The SMILES string of the molecule is C[Si-](C)(C)OCCn1cc(-c2ccc(F)c(C(F)(F)F)c2)c2c(=O)n(CC(=O)N3CCC(F)C3)ccc21. The maximum Gasteiger partial charge on any atom is 0.419 e. The van der Waals surface area contributed by atoms with Gasteiger partial charge in [0.05, 0.1) is 23.0 Å². The van der Waals surface area contributed by atoms with Crippen molar-refractivity contribution in [2.45, 2.75) is 51.5 Å². The lowest BCUT2D eigenvalue weighted by Crippen LogP contribution is -2.35. The van der Waals surface area contributed by atoms with Gasteiger partial charge in [-0.2, -0.15) is 13.2 Å². The van der Waals surface area contributed by atoms with Crippen molar-refractivity contribution in [3.8, 4) is 11.1 Å². The predicted molar refractivity (Wildman–Crippen MR) is 132 cm³/mol. The minimum absolute atomic E-state index is 0.0181. The molecule has 1 fully saturated rings. The first-order chi connectivity index (χ1) is 17.2. The summed E-state index contributed by atoms with van der Waals surface area (Å²) in [4.78, 5) is 27.5. The van der Waals surface area contributed by atoms with Crippen molar-refractivity contribution in [1.29, 1.82) is 0 Å². The molecule has 2 aromatic heterocycles. The average molecular weight is 542 g/mol. The van der Waals surface area contributed by atoms with Gasteiger partial charge in [-0.3, -0.25) is 9.59 Å². The molecule has 0 aliphatic carbocycles. The van der Waals surface area contributed by atoms with Gasteiger partial charge in [0.1, 0.15) is 18.5 Å². The summed E-state index contributed by atoms with van der Waals surface area (Å²) >= 11 is 0. The van der Waals surface area contributed by atoms with Gasteiger partial charge in [-0.25, -0.2) is 8.78 Å². The third-order valence-electron chi connectivity index (χ3n) is 6.25. The first-order valence-electron chi connectivity index (χ1n) is 11.9. The number of hydrogen-bond acceptors (Lipinski definition) is 3. The van der Waals surface area contributed by atoms with Gasteiger partial charge in [0.2, 0.25) is 5.91 Å². The number of alkyl halides is 4. The standard InChI is InChI=1S/C25H28F5N3O3Si/c1-37(2,3)36-11-10-31-14-18(16-4-5-20(27)19(12-16)25(28,29)30)23-21(31)7-9-33(24(23)35)15-22(34)32-8-6-17(26)13-32/h4-5,7,9,12,14,17H,6,8,10-11,13,15H2,1-3H3/q-1. The molecule has 1 amide bonds. The van der Waals surface area contributed by atoms with E-state index < -0.39 is 43.5 Å². The van der Waals surface area contributed by atoms with Crippen LogP contribution < -0.4 is 5.56 Å². The zero-order chi connectivity index (χ0) is 27.1. The van der Waals surface area contributed by atoms with Crippen molar-refractivity contribution >= 4 is 25.1 Å².